The smallest absolute Gasteiger partial charge is 0.410 e. The Morgan fingerprint density at radius 2 is 1.61 bits per heavy atom. The zero-order valence-electron chi connectivity index (χ0n) is 21.2. The normalized spacial score (nSPS) is 45.3. The highest BCUT2D eigenvalue weighted by atomic mass is 17.3. The molecule has 0 radical (unpaired) electrons. The average Bonchev–Trinajstić information content (AvgIpc) is 3.23. The molecule has 1 unspecified atom stereocenters. The minimum absolute atomic E-state index is 0.154. The highest BCUT2D eigenvalue weighted by Crippen LogP contribution is 2.64. The summed E-state index contributed by atoms with van der Waals surface area (Å²) in [6, 6.07) is 8.39. The molecule has 1 aromatic rings. The number of carbonyl (C=O) groups excluding carboxylic acids is 1. The predicted octanol–water partition coefficient (Wildman–Crippen LogP) is 5.53. The number of nitrogens with one attached hydrogen (secondary N) is 1. The van der Waals surface area contributed by atoms with Crippen molar-refractivity contribution in [1.29, 1.82) is 0 Å². The molecule has 7 nitrogen and oxygen atoms in total. The van der Waals surface area contributed by atoms with Gasteiger partial charge >= 0.3 is 6.09 Å². The maximum atomic E-state index is 12.4. The first kappa shape index (κ1) is 23.4. The molecule has 0 aromatic heterocycles. The topological polar surface area (TPSA) is 92.0 Å². The molecule has 1 saturated heterocycles. The van der Waals surface area contributed by atoms with Gasteiger partial charge in [-0.25, -0.2) is 4.79 Å². The molecule has 7 fully saturated rings. The zero-order valence-corrected chi connectivity index (χ0v) is 21.2. The average molecular weight is 497 g/mol. The highest BCUT2D eigenvalue weighted by Gasteiger charge is 2.67. The van der Waals surface area contributed by atoms with E-state index in [0.29, 0.717) is 23.5 Å². The Balaban J connectivity index is 0.980. The fourth-order valence-corrected chi connectivity index (χ4v) is 8.63. The molecule has 1 aromatic carbocycles. The number of amides is 1. The number of benzene rings is 1. The molecule has 3 N–H and O–H groups in total. The Hall–Kier alpha value is -1.67. The van der Waals surface area contributed by atoms with Crippen LogP contribution in [0.4, 0.5) is 4.79 Å². The second-order valence-electron chi connectivity index (χ2n) is 12.7. The molecule has 6 aliphatic carbocycles. The quantitative estimate of drug-likeness (QED) is 0.535. The van der Waals surface area contributed by atoms with Gasteiger partial charge in [-0.2, -0.15) is 9.78 Å². The van der Waals surface area contributed by atoms with Crippen molar-refractivity contribution in [2.24, 2.45) is 29.4 Å². The van der Waals surface area contributed by atoms with Crippen LogP contribution in [0.5, 0.6) is 5.75 Å². The molecule has 1 heterocycles. The maximum absolute atomic E-state index is 12.4. The second-order valence-corrected chi connectivity index (χ2v) is 12.7. The summed E-state index contributed by atoms with van der Waals surface area (Å²) >= 11 is 0. The molecule has 36 heavy (non-hydrogen) atoms. The van der Waals surface area contributed by atoms with Crippen LogP contribution in [-0.4, -0.2) is 29.8 Å². The molecule has 8 rings (SSSR count). The highest BCUT2D eigenvalue weighted by molar-refractivity contribution is 5.70. The van der Waals surface area contributed by atoms with E-state index in [1.165, 1.54) is 37.7 Å². The monoisotopic (exact) mass is 496 g/mol. The lowest BCUT2D eigenvalue weighted by molar-refractivity contribution is -0.390. The first-order valence-electron chi connectivity index (χ1n) is 14.4. The molecular formula is C29H40N2O5. The number of ether oxygens (including phenoxy) is 2. The van der Waals surface area contributed by atoms with Gasteiger partial charge in [0.15, 0.2) is 0 Å². The number of carbonyl (C=O) groups is 1. The van der Waals surface area contributed by atoms with E-state index in [9.17, 15) is 4.79 Å². The minimum atomic E-state index is -0.629. The molecule has 1 aliphatic heterocycles. The number of rotatable bonds is 3. The SMILES string of the molecule is NC1CCC(NC(=O)Oc2ccc(C3CCC[C@]4(C3)OOC3(O4)C4CC5CC(C4)CC3C5)cc2)CC1. The summed E-state index contributed by atoms with van der Waals surface area (Å²) in [5.74, 6) is 2.47. The van der Waals surface area contributed by atoms with Gasteiger partial charge in [0.2, 0.25) is 11.6 Å². The zero-order chi connectivity index (χ0) is 24.3. The maximum Gasteiger partial charge on any atom is 0.412 e. The summed E-state index contributed by atoms with van der Waals surface area (Å²) in [6.07, 6.45) is 13.5. The van der Waals surface area contributed by atoms with Crippen molar-refractivity contribution in [3.8, 4) is 5.75 Å². The third kappa shape index (κ3) is 4.16. The Bertz CT molecular complexity index is 946. The van der Waals surface area contributed by atoms with Crippen LogP contribution in [-0.2, 0) is 14.5 Å². The third-order valence-electron chi connectivity index (χ3n) is 10.3. The van der Waals surface area contributed by atoms with Crippen molar-refractivity contribution in [2.75, 3.05) is 0 Å². The Morgan fingerprint density at radius 3 is 2.31 bits per heavy atom. The fraction of sp³-hybridized carbons (Fsp3) is 0.759. The van der Waals surface area contributed by atoms with Gasteiger partial charge in [0.25, 0.3) is 0 Å². The largest absolute Gasteiger partial charge is 0.412 e. The summed E-state index contributed by atoms with van der Waals surface area (Å²) in [5.41, 5.74) is 7.20. The van der Waals surface area contributed by atoms with Gasteiger partial charge in [0.05, 0.1) is 0 Å². The molecule has 2 atom stereocenters. The van der Waals surface area contributed by atoms with Gasteiger partial charge in [-0.1, -0.05) is 12.1 Å². The molecule has 6 saturated carbocycles. The molecule has 4 bridgehead atoms. The van der Waals surface area contributed by atoms with Crippen LogP contribution in [0, 0.1) is 23.7 Å². The van der Waals surface area contributed by atoms with Gasteiger partial charge in [0.1, 0.15) is 5.75 Å². The van der Waals surface area contributed by atoms with Gasteiger partial charge in [-0.05, 0) is 106 Å². The number of hydrogen-bond acceptors (Lipinski definition) is 6. The van der Waals surface area contributed by atoms with Crippen LogP contribution >= 0.6 is 0 Å². The fourth-order valence-electron chi connectivity index (χ4n) is 8.63. The summed E-state index contributed by atoms with van der Waals surface area (Å²) in [4.78, 5) is 24.8. The van der Waals surface area contributed by atoms with Crippen LogP contribution in [0.25, 0.3) is 0 Å². The van der Waals surface area contributed by atoms with E-state index in [0.717, 1.165) is 63.2 Å². The molecule has 7 heteroatoms. The molecule has 196 valence electrons. The van der Waals surface area contributed by atoms with Crippen molar-refractivity contribution in [3.05, 3.63) is 29.8 Å². The molecular weight excluding hydrogens is 456 g/mol. The second kappa shape index (κ2) is 8.97. The van der Waals surface area contributed by atoms with Gasteiger partial charge < -0.3 is 20.5 Å². The van der Waals surface area contributed by atoms with E-state index >= 15 is 0 Å². The van der Waals surface area contributed by atoms with Crippen molar-refractivity contribution in [3.63, 3.8) is 0 Å². The van der Waals surface area contributed by atoms with Crippen LogP contribution in [0.2, 0.25) is 0 Å². The summed E-state index contributed by atoms with van der Waals surface area (Å²) in [6.45, 7) is 0. The lowest BCUT2D eigenvalue weighted by atomic mass is 9.53. The van der Waals surface area contributed by atoms with Gasteiger partial charge in [-0.3, -0.25) is 0 Å². The summed E-state index contributed by atoms with van der Waals surface area (Å²) < 4.78 is 12.5. The van der Waals surface area contributed by atoms with Crippen LogP contribution in [0.15, 0.2) is 24.3 Å². The van der Waals surface area contributed by atoms with Crippen LogP contribution in [0.1, 0.15) is 95.0 Å². The Labute approximate surface area is 213 Å². The van der Waals surface area contributed by atoms with Crippen LogP contribution in [0.3, 0.4) is 0 Å². The first-order valence-corrected chi connectivity index (χ1v) is 14.4. The van der Waals surface area contributed by atoms with Gasteiger partial charge in [0, 0.05) is 36.8 Å². The van der Waals surface area contributed by atoms with Crippen molar-refractivity contribution < 1.29 is 24.0 Å². The predicted molar refractivity (Wildman–Crippen MR) is 133 cm³/mol. The van der Waals surface area contributed by atoms with Crippen LogP contribution < -0.4 is 15.8 Å². The number of nitrogens with two attached hydrogens (primary N) is 1. The Morgan fingerprint density at radius 1 is 0.917 bits per heavy atom. The van der Waals surface area contributed by atoms with Gasteiger partial charge in [-0.15, -0.1) is 0 Å². The lowest BCUT2D eigenvalue weighted by Crippen LogP contribution is -2.59. The van der Waals surface area contributed by atoms with Crippen molar-refractivity contribution in [2.45, 2.75) is 113 Å². The minimum Gasteiger partial charge on any atom is -0.410 e. The lowest BCUT2D eigenvalue weighted by Gasteiger charge is -2.57. The van der Waals surface area contributed by atoms with E-state index in [-0.39, 0.29) is 18.2 Å². The van der Waals surface area contributed by atoms with E-state index in [4.69, 9.17) is 25.0 Å². The summed E-state index contributed by atoms with van der Waals surface area (Å²) in [5, 5.41) is 2.99. The van der Waals surface area contributed by atoms with Crippen molar-refractivity contribution >= 4 is 6.09 Å². The van der Waals surface area contributed by atoms with E-state index in [2.05, 4.69) is 17.4 Å². The van der Waals surface area contributed by atoms with E-state index < -0.39 is 11.6 Å². The standard InChI is InChI=1S/C29H40N2O5/c30-24-5-7-25(8-6-24)31-27(32)33-26-9-3-20(4-10-26)21-2-1-11-28(17-21)34-29(36-35-28)22-13-18-12-19(15-22)16-23(29)14-18/h3-4,9-10,18-19,21-25H,1-2,5-8,11-17,30H2,(H,31,32)/t18?,19?,21?,22?,23?,24?,25?,28-,29?/m1/s1. The Kier molecular flexibility index (Phi) is 5.84. The van der Waals surface area contributed by atoms with Crippen molar-refractivity contribution in [1.82, 2.24) is 5.32 Å². The first-order chi connectivity index (χ1) is 17.5. The molecule has 7 aliphatic rings. The van der Waals surface area contributed by atoms with E-state index in [1.54, 1.807) is 0 Å². The molecule has 2 spiro atoms. The third-order valence-corrected chi connectivity index (χ3v) is 10.3. The number of hydrogen-bond donors (Lipinski definition) is 2. The molecule has 1 amide bonds. The van der Waals surface area contributed by atoms with E-state index in [1.807, 2.05) is 12.1 Å². The summed E-state index contributed by atoms with van der Waals surface area (Å²) in [7, 11) is 0.